The molecule has 8 heteroatoms. The van der Waals surface area contributed by atoms with Crippen LogP contribution < -0.4 is 10.5 Å². The molecule has 4 rings (SSSR count). The summed E-state index contributed by atoms with van der Waals surface area (Å²) >= 11 is 0. The Morgan fingerprint density at radius 2 is 1.84 bits per heavy atom. The molecule has 3 heterocycles. The van der Waals surface area contributed by atoms with E-state index in [0.717, 1.165) is 5.56 Å². The number of benzene rings is 1. The fourth-order valence-corrected chi connectivity index (χ4v) is 4.55. The molecule has 0 spiro atoms. The number of halogens is 1. The minimum atomic E-state index is -0.378. The standard InChI is InChI=1S/C24H23FN6O/c1-15-14-30(10-11-31(15)16(2)17-4-6-18(25)7-5-17)23-20(13-27)24(32)29(3)21-9-8-19(12-26)28-22(21)23/h4-9,15-16H,10-11,14H2,1-3H3/t15-,16?/m1/s1. The molecule has 1 saturated heterocycles. The third-order valence-electron chi connectivity index (χ3n) is 6.29. The van der Waals surface area contributed by atoms with E-state index < -0.39 is 0 Å². The smallest absolute Gasteiger partial charge is 0.270 e. The molecule has 7 nitrogen and oxygen atoms in total. The van der Waals surface area contributed by atoms with Crippen molar-refractivity contribution in [2.24, 2.45) is 7.05 Å². The molecule has 3 aromatic rings. The van der Waals surface area contributed by atoms with E-state index in [1.54, 1.807) is 31.3 Å². The molecule has 1 fully saturated rings. The second kappa shape index (κ2) is 8.41. The molecule has 0 saturated carbocycles. The quantitative estimate of drug-likeness (QED) is 0.634. The molecule has 1 aliphatic heterocycles. The number of aromatic nitrogens is 2. The van der Waals surface area contributed by atoms with Crippen molar-refractivity contribution in [3.05, 3.63) is 69.4 Å². The summed E-state index contributed by atoms with van der Waals surface area (Å²) < 4.78 is 14.7. The lowest BCUT2D eigenvalue weighted by Gasteiger charge is -2.44. The topological polar surface area (TPSA) is 89.0 Å². The van der Waals surface area contributed by atoms with Crippen molar-refractivity contribution < 1.29 is 4.39 Å². The SMILES string of the molecule is CC(c1ccc(F)cc1)N1CCN(c2c(C#N)c(=O)n(C)c3ccc(C#N)nc23)C[C@H]1C. The molecule has 1 aromatic carbocycles. The van der Waals surface area contributed by atoms with Crippen LogP contribution in [0, 0.1) is 28.5 Å². The highest BCUT2D eigenvalue weighted by atomic mass is 19.1. The van der Waals surface area contributed by atoms with Crippen molar-refractivity contribution in [1.29, 1.82) is 10.5 Å². The first-order valence-corrected chi connectivity index (χ1v) is 10.5. The predicted octanol–water partition coefficient (Wildman–Crippen LogP) is 3.09. The van der Waals surface area contributed by atoms with Gasteiger partial charge in [0.25, 0.3) is 5.56 Å². The highest BCUT2D eigenvalue weighted by Gasteiger charge is 2.31. The number of rotatable bonds is 3. The Hall–Kier alpha value is -3.75. The normalized spacial score (nSPS) is 17.7. The molecule has 1 unspecified atom stereocenters. The maximum absolute atomic E-state index is 13.3. The molecular weight excluding hydrogens is 407 g/mol. The van der Waals surface area contributed by atoms with Gasteiger partial charge in [-0.25, -0.2) is 9.37 Å². The summed E-state index contributed by atoms with van der Waals surface area (Å²) in [6.45, 7) is 6.05. The number of aryl methyl sites for hydroxylation is 1. The summed E-state index contributed by atoms with van der Waals surface area (Å²) in [4.78, 5) is 21.7. The number of hydrogen-bond acceptors (Lipinski definition) is 6. The largest absolute Gasteiger partial charge is 0.366 e. The second-order valence-corrected chi connectivity index (χ2v) is 8.14. The zero-order chi connectivity index (χ0) is 23.0. The van der Waals surface area contributed by atoms with Gasteiger partial charge in [0.2, 0.25) is 0 Å². The number of fused-ring (bicyclic) bond motifs is 1. The molecule has 32 heavy (non-hydrogen) atoms. The van der Waals surface area contributed by atoms with Crippen molar-refractivity contribution in [2.45, 2.75) is 25.9 Å². The maximum Gasteiger partial charge on any atom is 0.270 e. The third-order valence-corrected chi connectivity index (χ3v) is 6.29. The Bertz CT molecular complexity index is 1320. The zero-order valence-corrected chi connectivity index (χ0v) is 18.2. The van der Waals surface area contributed by atoms with E-state index in [2.05, 4.69) is 29.8 Å². The second-order valence-electron chi connectivity index (χ2n) is 8.14. The van der Waals surface area contributed by atoms with Crippen molar-refractivity contribution >= 4 is 16.7 Å². The van der Waals surface area contributed by atoms with Gasteiger partial charge in [-0.3, -0.25) is 9.69 Å². The minimum Gasteiger partial charge on any atom is -0.366 e. The molecular formula is C24H23FN6O. The fraction of sp³-hybridized carbons (Fsp3) is 0.333. The lowest BCUT2D eigenvalue weighted by molar-refractivity contribution is 0.138. The monoisotopic (exact) mass is 430 g/mol. The van der Waals surface area contributed by atoms with E-state index in [4.69, 9.17) is 0 Å². The van der Waals surface area contributed by atoms with Crippen LogP contribution in [-0.4, -0.2) is 40.1 Å². The van der Waals surface area contributed by atoms with E-state index in [1.807, 2.05) is 11.0 Å². The highest BCUT2D eigenvalue weighted by molar-refractivity contribution is 5.92. The highest BCUT2D eigenvalue weighted by Crippen LogP contribution is 2.32. The number of anilines is 1. The van der Waals surface area contributed by atoms with Crippen molar-refractivity contribution in [3.63, 3.8) is 0 Å². The summed E-state index contributed by atoms with van der Waals surface area (Å²) in [5.74, 6) is -0.260. The predicted molar refractivity (Wildman–Crippen MR) is 120 cm³/mol. The molecule has 0 aliphatic carbocycles. The van der Waals surface area contributed by atoms with Crippen molar-refractivity contribution in [3.8, 4) is 12.1 Å². The van der Waals surface area contributed by atoms with Crippen LogP contribution in [0.2, 0.25) is 0 Å². The molecule has 1 aliphatic rings. The van der Waals surface area contributed by atoms with E-state index in [1.165, 1.54) is 16.7 Å². The number of piperazine rings is 1. The average molecular weight is 430 g/mol. The fourth-order valence-electron chi connectivity index (χ4n) is 4.55. The molecule has 162 valence electrons. The summed E-state index contributed by atoms with van der Waals surface area (Å²) in [5.41, 5.74) is 2.48. The number of nitriles is 2. The van der Waals surface area contributed by atoms with Crippen LogP contribution >= 0.6 is 0 Å². The Kier molecular flexibility index (Phi) is 5.65. The van der Waals surface area contributed by atoms with Crippen LogP contribution in [0.15, 0.2) is 41.2 Å². The van der Waals surface area contributed by atoms with Crippen molar-refractivity contribution in [2.75, 3.05) is 24.5 Å². The summed E-state index contributed by atoms with van der Waals surface area (Å²) in [5, 5.41) is 19.1. The van der Waals surface area contributed by atoms with Crippen molar-refractivity contribution in [1.82, 2.24) is 14.5 Å². The molecule has 0 amide bonds. The van der Waals surface area contributed by atoms with Crippen LogP contribution in [0.25, 0.3) is 11.0 Å². The molecule has 0 N–H and O–H groups in total. The van der Waals surface area contributed by atoms with Gasteiger partial charge < -0.3 is 9.47 Å². The average Bonchev–Trinajstić information content (AvgIpc) is 2.80. The van der Waals surface area contributed by atoms with Crippen LogP contribution in [0.1, 0.15) is 36.7 Å². The van der Waals surface area contributed by atoms with Crippen LogP contribution in [0.5, 0.6) is 0 Å². The summed E-state index contributed by atoms with van der Waals surface area (Å²) in [7, 11) is 1.61. The first-order chi connectivity index (χ1) is 15.3. The summed E-state index contributed by atoms with van der Waals surface area (Å²) in [6, 6.07) is 14.1. The van der Waals surface area contributed by atoms with E-state index in [-0.39, 0.29) is 34.7 Å². The van der Waals surface area contributed by atoms with E-state index in [9.17, 15) is 19.7 Å². The maximum atomic E-state index is 13.3. The molecule has 0 radical (unpaired) electrons. The lowest BCUT2D eigenvalue weighted by Crippen LogP contribution is -2.53. The first-order valence-electron chi connectivity index (χ1n) is 10.5. The van der Waals surface area contributed by atoms with Gasteiger partial charge in [0.15, 0.2) is 0 Å². The van der Waals surface area contributed by atoms with E-state index in [0.29, 0.717) is 36.4 Å². The van der Waals surface area contributed by atoms with Crippen LogP contribution in [-0.2, 0) is 7.05 Å². The van der Waals surface area contributed by atoms with Gasteiger partial charge in [-0.05, 0) is 43.7 Å². The van der Waals surface area contributed by atoms with Gasteiger partial charge in [0.05, 0.1) is 11.2 Å². The number of hydrogen-bond donors (Lipinski definition) is 0. The molecule has 2 atom stereocenters. The van der Waals surface area contributed by atoms with Gasteiger partial charge in [0, 0.05) is 38.8 Å². The third kappa shape index (κ3) is 3.59. The van der Waals surface area contributed by atoms with Gasteiger partial charge in [-0.15, -0.1) is 0 Å². The van der Waals surface area contributed by atoms with Gasteiger partial charge >= 0.3 is 0 Å². The van der Waals surface area contributed by atoms with Gasteiger partial charge in [0.1, 0.15) is 34.7 Å². The van der Waals surface area contributed by atoms with Gasteiger partial charge in [-0.1, -0.05) is 12.1 Å². The van der Waals surface area contributed by atoms with Gasteiger partial charge in [-0.2, -0.15) is 10.5 Å². The number of nitrogens with zero attached hydrogens (tertiary/aromatic N) is 6. The number of pyridine rings is 2. The van der Waals surface area contributed by atoms with Crippen LogP contribution in [0.4, 0.5) is 10.1 Å². The summed E-state index contributed by atoms with van der Waals surface area (Å²) in [6.07, 6.45) is 0. The van der Waals surface area contributed by atoms with Crippen LogP contribution in [0.3, 0.4) is 0 Å². The Labute approximate surface area is 185 Å². The lowest BCUT2D eigenvalue weighted by atomic mass is 10.0. The molecule has 0 bridgehead atoms. The Morgan fingerprint density at radius 3 is 2.47 bits per heavy atom. The van der Waals surface area contributed by atoms with E-state index >= 15 is 0 Å². The minimum absolute atomic E-state index is 0.0369. The Morgan fingerprint density at radius 1 is 1.12 bits per heavy atom. The first kappa shape index (κ1) is 21.5. The Balaban J connectivity index is 1.73. The zero-order valence-electron chi connectivity index (χ0n) is 18.2. The molecule has 2 aromatic heterocycles.